The van der Waals surface area contributed by atoms with Gasteiger partial charge in [0, 0.05) is 43.7 Å². The second-order valence-corrected chi connectivity index (χ2v) is 13.3. The van der Waals surface area contributed by atoms with Gasteiger partial charge >= 0.3 is 0 Å². The summed E-state index contributed by atoms with van der Waals surface area (Å²) in [6.07, 6.45) is 0. The van der Waals surface area contributed by atoms with Crippen LogP contribution in [-0.4, -0.2) is 9.13 Å². The molecule has 11 rings (SSSR count). The lowest BCUT2D eigenvalue weighted by Gasteiger charge is -2.14. The van der Waals surface area contributed by atoms with Gasteiger partial charge in [-0.2, -0.15) is 0 Å². The molecule has 0 saturated heterocycles. The number of hydrogen-bond acceptors (Lipinski definition) is 1. The number of nitrogens with zero attached hydrogens (tertiary/aromatic N) is 2. The van der Waals surface area contributed by atoms with E-state index in [-0.39, 0.29) is 0 Å². The molecule has 0 unspecified atom stereocenters. The molecule has 0 fully saturated rings. The first-order valence-electron chi connectivity index (χ1n) is 17.4. The van der Waals surface area contributed by atoms with Crippen molar-refractivity contribution < 1.29 is 4.42 Å². The molecule has 0 atom stereocenters. The monoisotopic (exact) mass is 650 g/mol. The predicted octanol–water partition coefficient (Wildman–Crippen LogP) is 13.1. The van der Waals surface area contributed by atoms with Crippen LogP contribution in [0.3, 0.4) is 0 Å². The maximum atomic E-state index is 6.80. The molecule has 0 aliphatic carbocycles. The van der Waals surface area contributed by atoms with E-state index in [9.17, 15) is 0 Å². The first kappa shape index (κ1) is 28.0. The van der Waals surface area contributed by atoms with Crippen molar-refractivity contribution in [2.45, 2.75) is 0 Å². The molecule has 8 aromatic carbocycles. The van der Waals surface area contributed by atoms with Crippen LogP contribution in [-0.2, 0) is 0 Å². The number of aromatic nitrogens is 2. The van der Waals surface area contributed by atoms with Crippen molar-refractivity contribution in [2.24, 2.45) is 0 Å². The molecule has 0 saturated carbocycles. The summed E-state index contributed by atoms with van der Waals surface area (Å²) in [5, 5.41) is 7.08. The molecule has 0 aliphatic heterocycles. The van der Waals surface area contributed by atoms with E-state index in [1.165, 1.54) is 54.8 Å². The van der Waals surface area contributed by atoms with E-state index >= 15 is 0 Å². The van der Waals surface area contributed by atoms with Crippen molar-refractivity contribution in [3.05, 3.63) is 182 Å². The summed E-state index contributed by atoms with van der Waals surface area (Å²) in [5.41, 5.74) is 13.3. The van der Waals surface area contributed by atoms with Crippen molar-refractivity contribution in [2.75, 3.05) is 0 Å². The Labute approximate surface area is 293 Å². The maximum Gasteiger partial charge on any atom is 0.160 e. The Morgan fingerprint density at radius 2 is 0.882 bits per heavy atom. The summed E-state index contributed by atoms with van der Waals surface area (Å²) in [6.45, 7) is 0. The number of hydrogen-bond donors (Lipinski definition) is 0. The second-order valence-electron chi connectivity index (χ2n) is 13.3. The van der Waals surface area contributed by atoms with Gasteiger partial charge in [-0.15, -0.1) is 0 Å². The first-order valence-corrected chi connectivity index (χ1v) is 17.4. The minimum atomic E-state index is 0.895. The van der Waals surface area contributed by atoms with E-state index in [1.54, 1.807) is 0 Å². The molecular formula is C48H30N2O. The Balaban J connectivity index is 1.33. The van der Waals surface area contributed by atoms with Crippen LogP contribution in [0.15, 0.2) is 186 Å². The van der Waals surface area contributed by atoms with Crippen molar-refractivity contribution in [1.29, 1.82) is 0 Å². The predicted molar refractivity (Wildman–Crippen MR) is 213 cm³/mol. The van der Waals surface area contributed by atoms with E-state index in [0.717, 1.165) is 44.3 Å². The summed E-state index contributed by atoms with van der Waals surface area (Å²) in [7, 11) is 0. The Kier molecular flexibility index (Phi) is 5.96. The number of rotatable bonds is 4. The van der Waals surface area contributed by atoms with Gasteiger partial charge in [-0.25, -0.2) is 0 Å². The molecule has 0 bridgehead atoms. The lowest BCUT2D eigenvalue weighted by Crippen LogP contribution is -1.97. The van der Waals surface area contributed by atoms with E-state index in [4.69, 9.17) is 4.42 Å². The van der Waals surface area contributed by atoms with Gasteiger partial charge in [0.05, 0.1) is 22.1 Å². The molecule has 11 aromatic rings. The summed E-state index contributed by atoms with van der Waals surface area (Å²) in [6, 6.07) is 65.5. The van der Waals surface area contributed by atoms with Crippen molar-refractivity contribution in [3.63, 3.8) is 0 Å². The number of fused-ring (bicyclic) bond motifs is 10. The Morgan fingerprint density at radius 3 is 1.61 bits per heavy atom. The SMILES string of the molecule is c1ccc(-c2cc(-c3ccccc3)cc(-n3c4cc5c(cc4c4ccc6c7ccccc7oc6c43)c3ccccc3n5-c3ccccc3)c2)cc1. The Morgan fingerprint density at radius 1 is 0.314 bits per heavy atom. The fraction of sp³-hybridized carbons (Fsp3) is 0. The quantitative estimate of drug-likeness (QED) is 0.186. The number of benzene rings is 8. The fourth-order valence-corrected chi connectivity index (χ4v) is 8.20. The minimum Gasteiger partial charge on any atom is -0.454 e. The van der Waals surface area contributed by atoms with E-state index < -0.39 is 0 Å². The normalized spacial score (nSPS) is 11.9. The molecule has 0 spiro atoms. The van der Waals surface area contributed by atoms with Crippen molar-refractivity contribution >= 4 is 65.6 Å². The average Bonchev–Trinajstić information content (AvgIpc) is 3.85. The number of para-hydroxylation sites is 3. The molecule has 0 amide bonds. The summed E-state index contributed by atoms with van der Waals surface area (Å²) < 4.78 is 11.7. The third-order valence-electron chi connectivity index (χ3n) is 10.5. The average molecular weight is 651 g/mol. The van der Waals surface area contributed by atoms with Crippen molar-refractivity contribution in [3.8, 4) is 33.6 Å². The summed E-state index contributed by atoms with van der Waals surface area (Å²) >= 11 is 0. The Bertz CT molecular complexity index is 3050. The van der Waals surface area contributed by atoms with Crippen LogP contribution in [0.1, 0.15) is 0 Å². The molecule has 0 aliphatic rings. The molecule has 3 nitrogen and oxygen atoms in total. The second kappa shape index (κ2) is 10.8. The highest BCUT2D eigenvalue weighted by Gasteiger charge is 2.22. The van der Waals surface area contributed by atoms with Crippen LogP contribution in [0.4, 0.5) is 0 Å². The number of furan rings is 1. The van der Waals surface area contributed by atoms with Gasteiger partial charge in [0.2, 0.25) is 0 Å². The highest BCUT2D eigenvalue weighted by Crippen LogP contribution is 2.44. The van der Waals surface area contributed by atoms with Gasteiger partial charge in [0.1, 0.15) is 5.58 Å². The zero-order valence-electron chi connectivity index (χ0n) is 27.6. The highest BCUT2D eigenvalue weighted by molar-refractivity contribution is 6.24. The van der Waals surface area contributed by atoms with Crippen LogP contribution in [0, 0.1) is 0 Å². The summed E-state index contributed by atoms with van der Waals surface area (Å²) in [4.78, 5) is 0. The smallest absolute Gasteiger partial charge is 0.160 e. The fourth-order valence-electron chi connectivity index (χ4n) is 8.20. The Hall–Kier alpha value is -6.84. The summed E-state index contributed by atoms with van der Waals surface area (Å²) in [5.74, 6) is 0. The van der Waals surface area contributed by atoms with Gasteiger partial charge in [-0.05, 0) is 82.9 Å². The zero-order valence-corrected chi connectivity index (χ0v) is 27.6. The lowest BCUT2D eigenvalue weighted by atomic mass is 9.98. The van der Waals surface area contributed by atoms with Crippen LogP contribution in [0.25, 0.3) is 99.2 Å². The standard InChI is InChI=1S/C48H30N2O/c1-4-14-31(15-5-1)33-26-34(32-16-6-2-7-17-32)28-36(27-33)50-45-30-44-41(37-20-10-12-22-43(37)49(44)35-18-8-3-9-19-35)29-42(45)39-24-25-40-38-21-11-13-23-46(38)51-48(40)47(39)50/h1-30H. The molecule has 238 valence electrons. The molecule has 3 heteroatoms. The third-order valence-corrected chi connectivity index (χ3v) is 10.5. The van der Waals surface area contributed by atoms with Crippen LogP contribution < -0.4 is 0 Å². The van der Waals surface area contributed by atoms with E-state index in [1.807, 2.05) is 6.07 Å². The molecule has 51 heavy (non-hydrogen) atoms. The maximum absolute atomic E-state index is 6.80. The molecule has 0 radical (unpaired) electrons. The van der Waals surface area contributed by atoms with Gasteiger partial charge in [0.25, 0.3) is 0 Å². The van der Waals surface area contributed by atoms with Gasteiger partial charge < -0.3 is 13.6 Å². The van der Waals surface area contributed by atoms with Crippen LogP contribution >= 0.6 is 0 Å². The topological polar surface area (TPSA) is 23.0 Å². The van der Waals surface area contributed by atoms with Crippen LogP contribution in [0.2, 0.25) is 0 Å². The van der Waals surface area contributed by atoms with E-state index in [2.05, 4.69) is 185 Å². The van der Waals surface area contributed by atoms with Gasteiger partial charge in [-0.1, -0.05) is 121 Å². The molecule has 3 heterocycles. The molecular weight excluding hydrogens is 621 g/mol. The third kappa shape index (κ3) is 4.19. The largest absolute Gasteiger partial charge is 0.454 e. The van der Waals surface area contributed by atoms with Gasteiger partial charge in [-0.3, -0.25) is 0 Å². The van der Waals surface area contributed by atoms with Gasteiger partial charge in [0.15, 0.2) is 5.58 Å². The lowest BCUT2D eigenvalue weighted by molar-refractivity contribution is 0.671. The minimum absolute atomic E-state index is 0.895. The highest BCUT2D eigenvalue weighted by atomic mass is 16.3. The molecule has 3 aromatic heterocycles. The van der Waals surface area contributed by atoms with E-state index in [0.29, 0.717) is 0 Å². The van der Waals surface area contributed by atoms with Crippen LogP contribution in [0.5, 0.6) is 0 Å². The molecule has 0 N–H and O–H groups in total. The zero-order chi connectivity index (χ0) is 33.5. The van der Waals surface area contributed by atoms with Crippen molar-refractivity contribution in [1.82, 2.24) is 9.13 Å². The first-order chi connectivity index (χ1) is 25.3.